The van der Waals surface area contributed by atoms with Crippen molar-refractivity contribution in [3.05, 3.63) is 28.2 Å². The van der Waals surface area contributed by atoms with Crippen molar-refractivity contribution < 1.29 is 0 Å². The van der Waals surface area contributed by atoms with E-state index in [2.05, 4.69) is 20.9 Å². The Morgan fingerprint density at radius 3 is 2.86 bits per heavy atom. The molecule has 2 aromatic rings. The second-order valence-corrected chi connectivity index (χ2v) is 4.27. The molecule has 0 aliphatic carbocycles. The number of fused-ring (bicyclic) bond motifs is 1. The SMILES string of the molecule is CN(C)c1ccn2c(Br)nc(Cl)c2c1. The summed E-state index contributed by atoms with van der Waals surface area (Å²) in [4.78, 5) is 6.14. The quantitative estimate of drug-likeness (QED) is 0.797. The fourth-order valence-corrected chi connectivity index (χ4v) is 2.09. The lowest BCUT2D eigenvalue weighted by molar-refractivity contribution is 1.08. The van der Waals surface area contributed by atoms with E-state index >= 15 is 0 Å². The van der Waals surface area contributed by atoms with E-state index in [9.17, 15) is 0 Å². The first-order valence-electron chi connectivity index (χ1n) is 4.10. The lowest BCUT2D eigenvalue weighted by Crippen LogP contribution is -2.08. The van der Waals surface area contributed by atoms with Gasteiger partial charge in [-0.25, -0.2) is 4.98 Å². The molecule has 2 heterocycles. The van der Waals surface area contributed by atoms with Crippen molar-refractivity contribution in [2.45, 2.75) is 0 Å². The van der Waals surface area contributed by atoms with Crippen LogP contribution >= 0.6 is 27.5 Å². The van der Waals surface area contributed by atoms with Crippen LogP contribution in [0.5, 0.6) is 0 Å². The first-order chi connectivity index (χ1) is 6.59. The van der Waals surface area contributed by atoms with Crippen LogP contribution in [0, 0.1) is 0 Å². The number of rotatable bonds is 1. The Morgan fingerprint density at radius 2 is 2.21 bits per heavy atom. The fourth-order valence-electron chi connectivity index (χ4n) is 1.28. The van der Waals surface area contributed by atoms with Crippen LogP contribution in [0.25, 0.3) is 5.52 Å². The minimum Gasteiger partial charge on any atom is -0.378 e. The van der Waals surface area contributed by atoms with E-state index in [1.54, 1.807) is 0 Å². The monoisotopic (exact) mass is 273 g/mol. The maximum absolute atomic E-state index is 5.97. The highest BCUT2D eigenvalue weighted by Crippen LogP contribution is 2.24. The van der Waals surface area contributed by atoms with Gasteiger partial charge in [0.2, 0.25) is 0 Å². The van der Waals surface area contributed by atoms with E-state index in [0.29, 0.717) is 5.15 Å². The highest BCUT2D eigenvalue weighted by Gasteiger charge is 2.07. The minimum atomic E-state index is 0.514. The zero-order chi connectivity index (χ0) is 10.3. The number of aromatic nitrogens is 2. The van der Waals surface area contributed by atoms with Gasteiger partial charge in [0, 0.05) is 26.0 Å². The lowest BCUT2D eigenvalue weighted by Gasteiger charge is -2.12. The Kier molecular flexibility index (Phi) is 2.41. The highest BCUT2D eigenvalue weighted by atomic mass is 79.9. The van der Waals surface area contributed by atoms with E-state index in [0.717, 1.165) is 15.9 Å². The molecule has 0 amide bonds. The van der Waals surface area contributed by atoms with E-state index in [-0.39, 0.29) is 0 Å². The average Bonchev–Trinajstić information content (AvgIpc) is 2.42. The van der Waals surface area contributed by atoms with E-state index in [1.807, 2.05) is 41.7 Å². The molecule has 0 saturated carbocycles. The molecule has 0 aliphatic rings. The van der Waals surface area contributed by atoms with Crippen LogP contribution in [0.3, 0.4) is 0 Å². The molecule has 0 aliphatic heterocycles. The Bertz CT molecular complexity index is 478. The zero-order valence-electron chi connectivity index (χ0n) is 7.83. The second-order valence-electron chi connectivity index (χ2n) is 3.21. The number of imidazole rings is 1. The topological polar surface area (TPSA) is 20.5 Å². The summed E-state index contributed by atoms with van der Waals surface area (Å²) in [5, 5.41) is 0.514. The number of halogens is 2. The number of nitrogens with zero attached hydrogens (tertiary/aromatic N) is 3. The lowest BCUT2D eigenvalue weighted by atomic mass is 10.3. The van der Waals surface area contributed by atoms with Gasteiger partial charge in [-0.2, -0.15) is 0 Å². The maximum Gasteiger partial charge on any atom is 0.183 e. The summed E-state index contributed by atoms with van der Waals surface area (Å²) in [6, 6.07) is 4.01. The Morgan fingerprint density at radius 1 is 1.50 bits per heavy atom. The highest BCUT2D eigenvalue weighted by molar-refractivity contribution is 9.10. The Labute approximate surface area is 95.4 Å². The van der Waals surface area contributed by atoms with Crippen molar-refractivity contribution in [1.82, 2.24) is 9.38 Å². The molecule has 0 unspecified atom stereocenters. The van der Waals surface area contributed by atoms with Gasteiger partial charge in [0.1, 0.15) is 0 Å². The van der Waals surface area contributed by atoms with Gasteiger partial charge >= 0.3 is 0 Å². The molecule has 0 spiro atoms. The molecule has 74 valence electrons. The van der Waals surface area contributed by atoms with Crippen LogP contribution in [0.15, 0.2) is 23.1 Å². The van der Waals surface area contributed by atoms with Crippen LogP contribution in [0.4, 0.5) is 5.69 Å². The summed E-state index contributed by atoms with van der Waals surface area (Å²) >= 11 is 9.31. The second kappa shape index (κ2) is 3.44. The fraction of sp³-hybridized carbons (Fsp3) is 0.222. The number of hydrogen-bond donors (Lipinski definition) is 0. The molecule has 0 fully saturated rings. The Hall–Kier alpha value is -0.740. The van der Waals surface area contributed by atoms with E-state index in [4.69, 9.17) is 11.6 Å². The molecule has 0 radical (unpaired) electrons. The predicted octanol–water partition coefficient (Wildman–Crippen LogP) is 2.82. The number of anilines is 1. The molecule has 3 nitrogen and oxygen atoms in total. The largest absolute Gasteiger partial charge is 0.378 e. The summed E-state index contributed by atoms with van der Waals surface area (Å²) in [7, 11) is 3.98. The van der Waals surface area contributed by atoms with Crippen molar-refractivity contribution in [3.63, 3.8) is 0 Å². The summed E-state index contributed by atoms with van der Waals surface area (Å²) in [5.74, 6) is 0. The van der Waals surface area contributed by atoms with Gasteiger partial charge in [-0.15, -0.1) is 0 Å². The van der Waals surface area contributed by atoms with Crippen LogP contribution in [0.2, 0.25) is 5.15 Å². The van der Waals surface area contributed by atoms with Crippen LogP contribution in [-0.2, 0) is 0 Å². The molecule has 5 heteroatoms. The first kappa shape index (κ1) is 9.80. The summed E-state index contributed by atoms with van der Waals surface area (Å²) in [6.45, 7) is 0. The van der Waals surface area contributed by atoms with Gasteiger partial charge in [-0.1, -0.05) is 11.6 Å². The Balaban J connectivity index is 2.71. The molecular formula is C9H9BrClN3. The van der Waals surface area contributed by atoms with Crippen molar-refractivity contribution in [2.24, 2.45) is 0 Å². The maximum atomic E-state index is 5.97. The predicted molar refractivity (Wildman–Crippen MR) is 62.2 cm³/mol. The molecule has 0 aromatic carbocycles. The smallest absolute Gasteiger partial charge is 0.183 e. The molecule has 0 saturated heterocycles. The van der Waals surface area contributed by atoms with Crippen LogP contribution < -0.4 is 4.90 Å². The molecular weight excluding hydrogens is 265 g/mol. The minimum absolute atomic E-state index is 0.514. The first-order valence-corrected chi connectivity index (χ1v) is 5.27. The number of pyridine rings is 1. The van der Waals surface area contributed by atoms with Crippen molar-refractivity contribution in [2.75, 3.05) is 19.0 Å². The molecule has 0 bridgehead atoms. The normalized spacial score (nSPS) is 10.9. The van der Waals surface area contributed by atoms with Crippen molar-refractivity contribution in [3.8, 4) is 0 Å². The average molecular weight is 275 g/mol. The van der Waals surface area contributed by atoms with E-state index < -0.39 is 0 Å². The van der Waals surface area contributed by atoms with Crippen molar-refractivity contribution in [1.29, 1.82) is 0 Å². The molecule has 2 rings (SSSR count). The molecule has 0 atom stereocenters. The van der Waals surface area contributed by atoms with Crippen LogP contribution in [-0.4, -0.2) is 23.5 Å². The van der Waals surface area contributed by atoms with Gasteiger partial charge in [0.15, 0.2) is 9.89 Å². The van der Waals surface area contributed by atoms with Gasteiger partial charge in [0.05, 0.1) is 5.52 Å². The van der Waals surface area contributed by atoms with Crippen molar-refractivity contribution >= 4 is 38.7 Å². The van der Waals surface area contributed by atoms with Gasteiger partial charge < -0.3 is 4.90 Å². The third-order valence-electron chi connectivity index (χ3n) is 2.06. The summed E-state index contributed by atoms with van der Waals surface area (Å²) < 4.78 is 2.62. The third-order valence-corrected chi connectivity index (χ3v) is 2.89. The molecule has 2 aromatic heterocycles. The summed E-state index contributed by atoms with van der Waals surface area (Å²) in [6.07, 6.45) is 1.94. The van der Waals surface area contributed by atoms with Gasteiger partial charge in [0.25, 0.3) is 0 Å². The third kappa shape index (κ3) is 1.48. The zero-order valence-corrected chi connectivity index (χ0v) is 10.2. The van der Waals surface area contributed by atoms with Gasteiger partial charge in [-0.3, -0.25) is 4.40 Å². The van der Waals surface area contributed by atoms with Gasteiger partial charge in [-0.05, 0) is 28.1 Å². The molecule has 0 N–H and O–H groups in total. The van der Waals surface area contributed by atoms with E-state index in [1.165, 1.54) is 0 Å². The standard InChI is InChI=1S/C9H9BrClN3/c1-13(2)6-3-4-14-7(5-6)8(11)12-9(14)10/h3-5H,1-2H3. The molecule has 14 heavy (non-hydrogen) atoms. The summed E-state index contributed by atoms with van der Waals surface area (Å²) in [5.41, 5.74) is 2.01. The van der Waals surface area contributed by atoms with Crippen LogP contribution in [0.1, 0.15) is 0 Å². The number of hydrogen-bond acceptors (Lipinski definition) is 2.